The van der Waals surface area contributed by atoms with Crippen LogP contribution in [-0.2, 0) is 6.54 Å². The zero-order valence-electron chi connectivity index (χ0n) is 11.6. The molecule has 0 aliphatic heterocycles. The molecule has 2 heterocycles. The van der Waals surface area contributed by atoms with Crippen molar-refractivity contribution in [3.05, 3.63) is 33.2 Å². The second kappa shape index (κ2) is 6.24. The molecule has 0 spiro atoms. The molecule has 0 fully saturated rings. The molecule has 2 rings (SSSR count). The SMILES string of the molecule is C=Nc1c(Cl)nc(N)nc1NCc1ncc(C)c(Cl)c1C. The Morgan fingerprint density at radius 2 is 2.05 bits per heavy atom. The van der Waals surface area contributed by atoms with Gasteiger partial charge in [0.2, 0.25) is 5.95 Å². The molecule has 0 aliphatic rings. The molecule has 0 radical (unpaired) electrons. The number of nitrogens with one attached hydrogen (secondary N) is 1. The molecule has 110 valence electrons. The van der Waals surface area contributed by atoms with E-state index in [0.29, 0.717) is 23.1 Å². The van der Waals surface area contributed by atoms with E-state index in [2.05, 4.69) is 32.0 Å². The van der Waals surface area contributed by atoms with Gasteiger partial charge in [0.05, 0.1) is 12.2 Å². The van der Waals surface area contributed by atoms with E-state index < -0.39 is 0 Å². The Morgan fingerprint density at radius 3 is 2.71 bits per heavy atom. The van der Waals surface area contributed by atoms with Crippen molar-refractivity contribution >= 4 is 47.4 Å². The van der Waals surface area contributed by atoms with Gasteiger partial charge in [-0.1, -0.05) is 23.2 Å². The van der Waals surface area contributed by atoms with Crippen molar-refractivity contribution in [1.82, 2.24) is 15.0 Å². The monoisotopic (exact) mass is 324 g/mol. The molecular formula is C13H14Cl2N6. The van der Waals surface area contributed by atoms with E-state index in [0.717, 1.165) is 16.8 Å². The van der Waals surface area contributed by atoms with Crippen LogP contribution in [0.3, 0.4) is 0 Å². The van der Waals surface area contributed by atoms with Crippen molar-refractivity contribution in [3.63, 3.8) is 0 Å². The molecule has 8 heteroatoms. The van der Waals surface area contributed by atoms with Crippen LogP contribution in [0.2, 0.25) is 10.2 Å². The number of nitrogens with zero attached hydrogens (tertiary/aromatic N) is 4. The number of hydrogen-bond acceptors (Lipinski definition) is 6. The lowest BCUT2D eigenvalue weighted by Gasteiger charge is -2.12. The van der Waals surface area contributed by atoms with Crippen molar-refractivity contribution in [2.75, 3.05) is 11.1 Å². The third-order valence-electron chi connectivity index (χ3n) is 2.96. The van der Waals surface area contributed by atoms with Crippen molar-refractivity contribution < 1.29 is 0 Å². The molecule has 2 aromatic rings. The van der Waals surface area contributed by atoms with E-state index in [9.17, 15) is 0 Å². The highest BCUT2D eigenvalue weighted by molar-refractivity contribution is 6.32. The van der Waals surface area contributed by atoms with Crippen LogP contribution in [0.4, 0.5) is 17.5 Å². The molecule has 0 saturated carbocycles. The summed E-state index contributed by atoms with van der Waals surface area (Å²) in [5, 5.41) is 3.92. The second-order valence-corrected chi connectivity index (χ2v) is 5.14. The van der Waals surface area contributed by atoms with Gasteiger partial charge in [-0.25, -0.2) is 0 Å². The molecule has 3 N–H and O–H groups in total. The Morgan fingerprint density at radius 1 is 1.33 bits per heavy atom. The van der Waals surface area contributed by atoms with E-state index in [1.54, 1.807) is 6.20 Å². The van der Waals surface area contributed by atoms with Crippen LogP contribution in [-0.4, -0.2) is 21.7 Å². The highest BCUT2D eigenvalue weighted by Crippen LogP contribution is 2.31. The Kier molecular flexibility index (Phi) is 4.59. The van der Waals surface area contributed by atoms with Crippen LogP contribution in [0.25, 0.3) is 0 Å². The minimum absolute atomic E-state index is 0.0570. The Balaban J connectivity index is 2.29. The van der Waals surface area contributed by atoms with Crippen molar-refractivity contribution in [3.8, 4) is 0 Å². The van der Waals surface area contributed by atoms with Crippen LogP contribution >= 0.6 is 23.2 Å². The van der Waals surface area contributed by atoms with Crippen LogP contribution in [0.1, 0.15) is 16.8 Å². The number of halogens is 2. The van der Waals surface area contributed by atoms with Crippen LogP contribution in [0.15, 0.2) is 11.2 Å². The topological polar surface area (TPSA) is 89.1 Å². The van der Waals surface area contributed by atoms with Gasteiger partial charge in [0, 0.05) is 11.2 Å². The van der Waals surface area contributed by atoms with Crippen LogP contribution in [0, 0.1) is 13.8 Å². The lowest BCUT2D eigenvalue weighted by atomic mass is 10.1. The summed E-state index contributed by atoms with van der Waals surface area (Å²) in [4.78, 5) is 16.1. The van der Waals surface area contributed by atoms with Gasteiger partial charge in [0.15, 0.2) is 11.0 Å². The first-order chi connectivity index (χ1) is 9.93. The van der Waals surface area contributed by atoms with Crippen molar-refractivity contribution in [2.45, 2.75) is 20.4 Å². The number of aryl methyl sites for hydroxylation is 1. The number of hydrogen-bond donors (Lipinski definition) is 2. The number of nitrogens with two attached hydrogens (primary N) is 1. The van der Waals surface area contributed by atoms with E-state index in [1.165, 1.54) is 0 Å². The number of anilines is 2. The zero-order chi connectivity index (χ0) is 15.6. The molecule has 0 unspecified atom stereocenters. The van der Waals surface area contributed by atoms with Gasteiger partial charge >= 0.3 is 0 Å². The average molecular weight is 325 g/mol. The van der Waals surface area contributed by atoms with Crippen molar-refractivity contribution in [1.29, 1.82) is 0 Å². The highest BCUT2D eigenvalue weighted by atomic mass is 35.5. The summed E-state index contributed by atoms with van der Waals surface area (Å²) in [7, 11) is 0. The molecule has 0 atom stereocenters. The summed E-state index contributed by atoms with van der Waals surface area (Å²) in [6.45, 7) is 7.67. The zero-order valence-corrected chi connectivity index (χ0v) is 13.1. The Labute approximate surface area is 132 Å². The number of nitrogen functional groups attached to an aromatic ring is 1. The molecule has 0 saturated heterocycles. The maximum Gasteiger partial charge on any atom is 0.223 e. The quantitative estimate of drug-likeness (QED) is 0.665. The lowest BCUT2D eigenvalue weighted by molar-refractivity contribution is 0.993. The summed E-state index contributed by atoms with van der Waals surface area (Å²) in [6.07, 6.45) is 1.72. The van der Waals surface area contributed by atoms with Gasteiger partial charge in [0.25, 0.3) is 0 Å². The first kappa shape index (κ1) is 15.5. The van der Waals surface area contributed by atoms with Gasteiger partial charge in [-0.3, -0.25) is 9.98 Å². The Bertz CT molecular complexity index is 702. The smallest absolute Gasteiger partial charge is 0.223 e. The first-order valence-corrected chi connectivity index (χ1v) is 6.83. The van der Waals surface area contributed by atoms with E-state index >= 15 is 0 Å². The highest BCUT2D eigenvalue weighted by Gasteiger charge is 2.12. The molecule has 0 amide bonds. The standard InChI is InChI=1S/C13H14Cl2N6/c1-6-4-18-8(7(2)9(6)14)5-19-12-10(17-3)11(15)20-13(16)21-12/h4H,3,5H2,1-2H3,(H3,16,19,20,21). The van der Waals surface area contributed by atoms with Crippen LogP contribution < -0.4 is 11.1 Å². The molecule has 0 aromatic carbocycles. The van der Waals surface area contributed by atoms with Gasteiger partial charge in [-0.15, -0.1) is 0 Å². The molecule has 2 aromatic heterocycles. The number of aliphatic imine (C=N–C) groups is 1. The largest absolute Gasteiger partial charge is 0.368 e. The molecular weight excluding hydrogens is 311 g/mol. The van der Waals surface area contributed by atoms with Gasteiger partial charge < -0.3 is 11.1 Å². The van der Waals surface area contributed by atoms with E-state index in [4.69, 9.17) is 28.9 Å². The summed E-state index contributed by atoms with van der Waals surface area (Å²) in [5.74, 6) is 0.460. The summed E-state index contributed by atoms with van der Waals surface area (Å²) < 4.78 is 0. The summed E-state index contributed by atoms with van der Waals surface area (Å²) >= 11 is 12.2. The van der Waals surface area contributed by atoms with Gasteiger partial charge in [-0.2, -0.15) is 9.97 Å². The molecule has 6 nitrogen and oxygen atoms in total. The van der Waals surface area contributed by atoms with E-state index in [-0.39, 0.29) is 11.1 Å². The fraction of sp³-hybridized carbons (Fsp3) is 0.231. The van der Waals surface area contributed by atoms with Crippen molar-refractivity contribution in [2.24, 2.45) is 4.99 Å². The Hall–Kier alpha value is -1.92. The second-order valence-electron chi connectivity index (χ2n) is 4.41. The predicted octanol–water partition coefficient (Wildman–Crippen LogP) is 3.32. The number of rotatable bonds is 4. The van der Waals surface area contributed by atoms with Gasteiger partial charge in [-0.05, 0) is 31.7 Å². The molecule has 0 aliphatic carbocycles. The normalized spacial score (nSPS) is 10.5. The number of aromatic nitrogens is 3. The maximum absolute atomic E-state index is 6.21. The summed E-state index contributed by atoms with van der Waals surface area (Å²) in [5.41, 5.74) is 8.57. The first-order valence-electron chi connectivity index (χ1n) is 6.08. The van der Waals surface area contributed by atoms with E-state index in [1.807, 2.05) is 13.8 Å². The predicted molar refractivity (Wildman–Crippen MR) is 86.7 cm³/mol. The maximum atomic E-state index is 6.21. The average Bonchev–Trinajstić information content (AvgIpc) is 2.43. The van der Waals surface area contributed by atoms with Gasteiger partial charge in [0.1, 0.15) is 5.69 Å². The summed E-state index contributed by atoms with van der Waals surface area (Å²) in [6, 6.07) is 0. The third-order valence-corrected chi connectivity index (χ3v) is 3.81. The number of pyridine rings is 1. The molecule has 21 heavy (non-hydrogen) atoms. The fourth-order valence-electron chi connectivity index (χ4n) is 1.80. The third kappa shape index (κ3) is 3.22. The molecule has 0 bridgehead atoms. The lowest BCUT2D eigenvalue weighted by Crippen LogP contribution is -2.08. The minimum atomic E-state index is 0.0570. The van der Waals surface area contributed by atoms with Crippen LogP contribution in [0.5, 0.6) is 0 Å². The fourth-order valence-corrected chi connectivity index (χ4v) is 2.20. The minimum Gasteiger partial charge on any atom is -0.368 e.